The van der Waals surface area contributed by atoms with Gasteiger partial charge in [-0.1, -0.05) is 23.2 Å². The van der Waals surface area contributed by atoms with Crippen LogP contribution >= 0.6 is 23.2 Å². The lowest BCUT2D eigenvalue weighted by atomic mass is 10.1. The maximum atomic E-state index is 10.8. The molecule has 0 saturated heterocycles. The lowest BCUT2D eigenvalue weighted by Gasteiger charge is -2.12. The fourth-order valence-corrected chi connectivity index (χ4v) is 2.68. The fraction of sp³-hybridized carbons (Fsp3) is 0. The SMILES string of the molecule is Nc1nc(Nc2cc[c]nc2-c2ccc(Cl)cc2Cl)ccc1[N+](=O)[O-]. The number of nitrogens with zero attached hydrogens (tertiary/aromatic N) is 3. The molecule has 0 aliphatic carbocycles. The average molecular weight is 375 g/mol. The third-order valence-corrected chi connectivity index (χ3v) is 3.85. The summed E-state index contributed by atoms with van der Waals surface area (Å²) >= 11 is 12.2. The number of nitrogens with one attached hydrogen (secondary N) is 1. The predicted molar refractivity (Wildman–Crippen MR) is 97.1 cm³/mol. The molecule has 0 bridgehead atoms. The van der Waals surface area contributed by atoms with Crippen molar-refractivity contribution in [3.05, 3.63) is 68.8 Å². The minimum absolute atomic E-state index is 0.184. The van der Waals surface area contributed by atoms with Gasteiger partial charge in [-0.3, -0.25) is 10.1 Å². The number of rotatable bonds is 4. The van der Waals surface area contributed by atoms with E-state index in [-0.39, 0.29) is 11.5 Å². The van der Waals surface area contributed by atoms with E-state index in [1.54, 1.807) is 30.3 Å². The summed E-state index contributed by atoms with van der Waals surface area (Å²) < 4.78 is 0. The van der Waals surface area contributed by atoms with Crippen LogP contribution in [0.15, 0.2) is 42.5 Å². The van der Waals surface area contributed by atoms with Gasteiger partial charge in [0.1, 0.15) is 5.82 Å². The highest BCUT2D eigenvalue weighted by atomic mass is 35.5. The summed E-state index contributed by atoms with van der Waals surface area (Å²) in [7, 11) is 0. The molecule has 2 aromatic heterocycles. The van der Waals surface area contributed by atoms with Crippen molar-refractivity contribution in [2.24, 2.45) is 0 Å². The summed E-state index contributed by atoms with van der Waals surface area (Å²) in [4.78, 5) is 18.4. The molecule has 3 aromatic rings. The Kier molecular flexibility index (Phi) is 4.69. The van der Waals surface area contributed by atoms with Gasteiger partial charge in [-0.05, 0) is 36.4 Å². The lowest BCUT2D eigenvalue weighted by Crippen LogP contribution is -2.02. The van der Waals surface area contributed by atoms with Gasteiger partial charge in [-0.15, -0.1) is 0 Å². The van der Waals surface area contributed by atoms with Gasteiger partial charge in [-0.2, -0.15) is 0 Å². The molecule has 0 aliphatic heterocycles. The number of benzene rings is 1. The fourth-order valence-electron chi connectivity index (χ4n) is 2.18. The summed E-state index contributed by atoms with van der Waals surface area (Å²) in [6, 6.07) is 11.1. The smallest absolute Gasteiger partial charge is 0.311 e. The third kappa shape index (κ3) is 3.62. The van der Waals surface area contributed by atoms with E-state index in [4.69, 9.17) is 28.9 Å². The molecule has 1 aromatic carbocycles. The first-order valence-corrected chi connectivity index (χ1v) is 7.72. The number of nitrogens with two attached hydrogens (primary N) is 1. The van der Waals surface area contributed by atoms with Crippen molar-refractivity contribution in [3.63, 3.8) is 0 Å². The Hall–Kier alpha value is -2.90. The van der Waals surface area contributed by atoms with Gasteiger partial charge in [-0.25, -0.2) is 9.97 Å². The molecule has 0 aliphatic rings. The molecule has 125 valence electrons. The number of anilines is 3. The largest absolute Gasteiger partial charge is 0.378 e. The van der Waals surface area contributed by atoms with E-state index < -0.39 is 4.92 Å². The number of hydrogen-bond donors (Lipinski definition) is 2. The Labute approximate surface area is 152 Å². The molecule has 1 radical (unpaired) electrons. The van der Waals surface area contributed by atoms with Crippen LogP contribution in [-0.2, 0) is 0 Å². The van der Waals surface area contributed by atoms with Crippen molar-refractivity contribution < 1.29 is 4.92 Å². The van der Waals surface area contributed by atoms with E-state index in [0.29, 0.717) is 32.8 Å². The number of halogens is 2. The molecule has 25 heavy (non-hydrogen) atoms. The van der Waals surface area contributed by atoms with Gasteiger partial charge in [0.25, 0.3) is 0 Å². The zero-order valence-corrected chi connectivity index (χ0v) is 14.0. The molecule has 0 atom stereocenters. The number of pyridine rings is 2. The number of aromatic nitrogens is 2. The minimum atomic E-state index is -0.593. The average Bonchev–Trinajstić information content (AvgIpc) is 2.55. The summed E-state index contributed by atoms with van der Waals surface area (Å²) in [5.74, 6) is 0.152. The Morgan fingerprint density at radius 2 is 2.00 bits per heavy atom. The molecular weight excluding hydrogens is 365 g/mol. The molecule has 0 unspecified atom stereocenters. The van der Waals surface area contributed by atoms with Crippen LogP contribution in [0.1, 0.15) is 0 Å². The lowest BCUT2D eigenvalue weighted by molar-refractivity contribution is -0.384. The summed E-state index contributed by atoms with van der Waals surface area (Å²) in [5.41, 5.74) is 7.13. The molecule has 9 heteroatoms. The highest BCUT2D eigenvalue weighted by Crippen LogP contribution is 2.34. The van der Waals surface area contributed by atoms with E-state index in [1.165, 1.54) is 12.1 Å². The molecule has 0 saturated carbocycles. The van der Waals surface area contributed by atoms with E-state index >= 15 is 0 Å². The molecule has 7 nitrogen and oxygen atoms in total. The maximum absolute atomic E-state index is 10.8. The van der Waals surface area contributed by atoms with Gasteiger partial charge in [0.15, 0.2) is 0 Å². The van der Waals surface area contributed by atoms with E-state index in [2.05, 4.69) is 21.5 Å². The summed E-state index contributed by atoms with van der Waals surface area (Å²) in [6.45, 7) is 0. The van der Waals surface area contributed by atoms with Crippen molar-refractivity contribution in [1.29, 1.82) is 0 Å². The summed E-state index contributed by atoms with van der Waals surface area (Å²) in [6.07, 6.45) is 2.75. The van der Waals surface area contributed by atoms with Crippen molar-refractivity contribution in [3.8, 4) is 11.3 Å². The topological polar surface area (TPSA) is 107 Å². The van der Waals surface area contributed by atoms with Crippen LogP contribution in [-0.4, -0.2) is 14.9 Å². The standard InChI is InChI=1S/C16H10Cl2N5O2/c17-9-3-4-10(11(18)8-9)15-12(2-1-7-20-15)21-14-6-5-13(23(24)25)16(19)22-14/h1-6,8H,(H3,19,21,22). The second-order valence-electron chi connectivity index (χ2n) is 4.94. The van der Waals surface area contributed by atoms with Gasteiger partial charge in [0, 0.05) is 16.7 Å². The van der Waals surface area contributed by atoms with Crippen LogP contribution in [0.2, 0.25) is 10.0 Å². The van der Waals surface area contributed by atoms with Gasteiger partial charge >= 0.3 is 5.69 Å². The second-order valence-corrected chi connectivity index (χ2v) is 5.79. The predicted octanol–water partition coefficient (Wildman–Crippen LogP) is 4.48. The van der Waals surface area contributed by atoms with Gasteiger partial charge in [0.05, 0.1) is 27.5 Å². The monoisotopic (exact) mass is 374 g/mol. The molecular formula is C16H10Cl2N5O2. The van der Waals surface area contributed by atoms with Crippen molar-refractivity contribution in [2.75, 3.05) is 11.1 Å². The Morgan fingerprint density at radius 1 is 1.20 bits per heavy atom. The number of nitrogen functional groups attached to an aromatic ring is 1. The van der Waals surface area contributed by atoms with Gasteiger partial charge in [0.2, 0.25) is 5.82 Å². The first-order valence-electron chi connectivity index (χ1n) is 6.96. The highest BCUT2D eigenvalue weighted by molar-refractivity contribution is 6.36. The molecule has 0 fully saturated rings. The molecule has 2 heterocycles. The van der Waals surface area contributed by atoms with Crippen molar-refractivity contribution in [2.45, 2.75) is 0 Å². The molecule has 3 N–H and O–H groups in total. The number of nitro groups is 1. The zero-order chi connectivity index (χ0) is 18.0. The van der Waals surface area contributed by atoms with Crippen LogP contribution < -0.4 is 11.1 Å². The van der Waals surface area contributed by atoms with E-state index in [9.17, 15) is 10.1 Å². The first-order chi connectivity index (χ1) is 12.0. The maximum Gasteiger partial charge on any atom is 0.311 e. The third-order valence-electron chi connectivity index (χ3n) is 3.30. The first kappa shape index (κ1) is 16.9. The molecule has 0 spiro atoms. The highest BCUT2D eigenvalue weighted by Gasteiger charge is 2.15. The second kappa shape index (κ2) is 6.92. The zero-order valence-electron chi connectivity index (χ0n) is 12.5. The van der Waals surface area contributed by atoms with Crippen LogP contribution in [0.25, 0.3) is 11.3 Å². The van der Waals surface area contributed by atoms with Gasteiger partial charge < -0.3 is 11.1 Å². The number of hydrogen-bond acceptors (Lipinski definition) is 6. The molecule has 3 rings (SSSR count). The summed E-state index contributed by atoms with van der Waals surface area (Å²) in [5, 5.41) is 14.8. The van der Waals surface area contributed by atoms with E-state index in [1.807, 2.05) is 0 Å². The minimum Gasteiger partial charge on any atom is -0.378 e. The van der Waals surface area contributed by atoms with Crippen molar-refractivity contribution in [1.82, 2.24) is 9.97 Å². The van der Waals surface area contributed by atoms with Crippen LogP contribution in [0, 0.1) is 16.3 Å². The normalized spacial score (nSPS) is 10.5. The van der Waals surface area contributed by atoms with Crippen molar-refractivity contribution >= 4 is 46.2 Å². The van der Waals surface area contributed by atoms with Crippen LogP contribution in [0.3, 0.4) is 0 Å². The van der Waals surface area contributed by atoms with Crippen LogP contribution in [0.4, 0.5) is 23.0 Å². The van der Waals surface area contributed by atoms with Crippen LogP contribution in [0.5, 0.6) is 0 Å². The van der Waals surface area contributed by atoms with E-state index in [0.717, 1.165) is 0 Å². The Balaban J connectivity index is 1.99. The molecule has 0 amide bonds. The quantitative estimate of drug-likeness (QED) is 0.514. The Bertz CT molecular complexity index is 965. The Morgan fingerprint density at radius 3 is 2.68 bits per heavy atom.